The highest BCUT2D eigenvalue weighted by atomic mass is 16.5. The van der Waals surface area contributed by atoms with Crippen LogP contribution in [-0.4, -0.2) is 37.4 Å². The standard InChI is InChI=1S/C9H11N3O3/c1-13-3-4-15-7-6-11-8(5-10)12-9(7)14-2/h6H,3-4H2,1-2H3. The molecule has 1 heterocycles. The third kappa shape index (κ3) is 3.07. The minimum absolute atomic E-state index is 0.0472. The molecule has 0 aromatic carbocycles. The number of methoxy groups -OCH3 is 2. The molecule has 0 saturated heterocycles. The smallest absolute Gasteiger partial charge is 0.261 e. The van der Waals surface area contributed by atoms with Crippen molar-refractivity contribution in [3.8, 4) is 17.7 Å². The first kappa shape index (κ1) is 11.2. The summed E-state index contributed by atoms with van der Waals surface area (Å²) in [5.74, 6) is 0.692. The Morgan fingerprint density at radius 1 is 1.40 bits per heavy atom. The molecule has 0 N–H and O–H groups in total. The Labute approximate surface area is 87.4 Å². The number of rotatable bonds is 5. The summed E-state index contributed by atoms with van der Waals surface area (Å²) in [6.45, 7) is 0.839. The van der Waals surface area contributed by atoms with E-state index in [9.17, 15) is 0 Å². The second kappa shape index (κ2) is 5.78. The van der Waals surface area contributed by atoms with E-state index in [0.717, 1.165) is 0 Å². The number of aromatic nitrogens is 2. The molecule has 0 atom stereocenters. The van der Waals surface area contributed by atoms with Crippen molar-refractivity contribution in [2.45, 2.75) is 0 Å². The molecule has 0 spiro atoms. The average Bonchev–Trinajstić information content (AvgIpc) is 2.29. The predicted octanol–water partition coefficient (Wildman–Crippen LogP) is 0.382. The Balaban J connectivity index is 2.75. The van der Waals surface area contributed by atoms with Crippen LogP contribution in [0.5, 0.6) is 11.6 Å². The summed E-state index contributed by atoms with van der Waals surface area (Å²) in [7, 11) is 3.03. The lowest BCUT2D eigenvalue weighted by Crippen LogP contribution is -2.06. The highest BCUT2D eigenvalue weighted by Gasteiger charge is 2.08. The molecule has 0 aliphatic carbocycles. The van der Waals surface area contributed by atoms with Crippen LogP contribution in [0.1, 0.15) is 5.82 Å². The van der Waals surface area contributed by atoms with E-state index in [2.05, 4.69) is 9.97 Å². The van der Waals surface area contributed by atoms with E-state index in [1.807, 2.05) is 6.07 Å². The van der Waals surface area contributed by atoms with Crippen molar-refractivity contribution in [3.05, 3.63) is 12.0 Å². The maximum atomic E-state index is 8.57. The van der Waals surface area contributed by atoms with Crippen LogP contribution in [0.25, 0.3) is 0 Å². The Bertz CT molecular complexity index is 362. The molecule has 1 aromatic rings. The lowest BCUT2D eigenvalue weighted by Gasteiger charge is -2.08. The molecule has 0 amide bonds. The first-order valence-corrected chi connectivity index (χ1v) is 4.24. The fourth-order valence-electron chi connectivity index (χ4n) is 0.889. The van der Waals surface area contributed by atoms with Crippen molar-refractivity contribution >= 4 is 0 Å². The molecular formula is C9H11N3O3. The van der Waals surface area contributed by atoms with Crippen LogP contribution >= 0.6 is 0 Å². The molecule has 0 fully saturated rings. The van der Waals surface area contributed by atoms with Crippen LogP contribution < -0.4 is 9.47 Å². The molecule has 80 valence electrons. The van der Waals surface area contributed by atoms with Gasteiger partial charge in [0.2, 0.25) is 5.82 Å². The number of hydrogen-bond acceptors (Lipinski definition) is 6. The van der Waals surface area contributed by atoms with Gasteiger partial charge in [0.25, 0.3) is 5.88 Å². The number of ether oxygens (including phenoxy) is 3. The number of nitrogens with zero attached hydrogens (tertiary/aromatic N) is 3. The average molecular weight is 209 g/mol. The van der Waals surface area contributed by atoms with E-state index < -0.39 is 0 Å². The topological polar surface area (TPSA) is 77.3 Å². The Hall–Kier alpha value is -1.87. The van der Waals surface area contributed by atoms with Crippen LogP contribution in [0.4, 0.5) is 0 Å². The molecule has 0 radical (unpaired) electrons. The molecule has 0 unspecified atom stereocenters. The van der Waals surface area contributed by atoms with Gasteiger partial charge < -0.3 is 14.2 Å². The quantitative estimate of drug-likeness (QED) is 0.652. The highest BCUT2D eigenvalue weighted by Crippen LogP contribution is 2.22. The van der Waals surface area contributed by atoms with Gasteiger partial charge in [0, 0.05) is 7.11 Å². The first-order valence-electron chi connectivity index (χ1n) is 4.24. The van der Waals surface area contributed by atoms with Gasteiger partial charge in [-0.15, -0.1) is 0 Å². The molecule has 0 aliphatic rings. The van der Waals surface area contributed by atoms with Crippen molar-refractivity contribution in [1.29, 1.82) is 5.26 Å². The van der Waals surface area contributed by atoms with Gasteiger partial charge >= 0.3 is 0 Å². The van der Waals surface area contributed by atoms with E-state index >= 15 is 0 Å². The lowest BCUT2D eigenvalue weighted by molar-refractivity contribution is 0.143. The highest BCUT2D eigenvalue weighted by molar-refractivity contribution is 5.32. The van der Waals surface area contributed by atoms with Gasteiger partial charge in [-0.25, -0.2) is 4.98 Å². The largest absolute Gasteiger partial charge is 0.484 e. The van der Waals surface area contributed by atoms with E-state index in [0.29, 0.717) is 19.0 Å². The summed E-state index contributed by atoms with van der Waals surface area (Å²) in [6.07, 6.45) is 1.40. The van der Waals surface area contributed by atoms with Crippen LogP contribution in [0, 0.1) is 11.3 Å². The molecule has 0 aliphatic heterocycles. The zero-order chi connectivity index (χ0) is 11.1. The summed E-state index contributed by atoms with van der Waals surface area (Å²) >= 11 is 0. The molecule has 6 nitrogen and oxygen atoms in total. The molecular weight excluding hydrogens is 198 g/mol. The number of nitriles is 1. The van der Waals surface area contributed by atoms with Crippen molar-refractivity contribution in [1.82, 2.24) is 9.97 Å². The van der Waals surface area contributed by atoms with Gasteiger partial charge in [-0.3, -0.25) is 0 Å². The SMILES string of the molecule is COCCOc1cnc(C#N)nc1OC. The summed E-state index contributed by atoms with van der Waals surface area (Å²) < 4.78 is 15.1. The van der Waals surface area contributed by atoms with E-state index in [1.54, 1.807) is 7.11 Å². The molecule has 1 rings (SSSR count). The fraction of sp³-hybridized carbons (Fsp3) is 0.444. The monoisotopic (exact) mass is 209 g/mol. The van der Waals surface area contributed by atoms with Crippen LogP contribution in [0.3, 0.4) is 0 Å². The maximum absolute atomic E-state index is 8.57. The Morgan fingerprint density at radius 3 is 2.80 bits per heavy atom. The second-order valence-electron chi connectivity index (χ2n) is 2.52. The molecule has 0 bridgehead atoms. The van der Waals surface area contributed by atoms with Gasteiger partial charge in [0.1, 0.15) is 12.7 Å². The summed E-state index contributed by atoms with van der Waals surface area (Å²) in [5, 5.41) is 8.57. The third-order valence-corrected chi connectivity index (χ3v) is 1.56. The predicted molar refractivity (Wildman–Crippen MR) is 50.7 cm³/mol. The fourth-order valence-corrected chi connectivity index (χ4v) is 0.889. The Morgan fingerprint density at radius 2 is 2.20 bits per heavy atom. The van der Waals surface area contributed by atoms with Crippen molar-refractivity contribution in [3.63, 3.8) is 0 Å². The minimum Gasteiger partial charge on any atom is -0.484 e. The van der Waals surface area contributed by atoms with Gasteiger partial charge in [-0.2, -0.15) is 10.2 Å². The van der Waals surface area contributed by atoms with Gasteiger partial charge in [0.05, 0.1) is 19.9 Å². The minimum atomic E-state index is 0.0472. The maximum Gasteiger partial charge on any atom is 0.261 e. The number of hydrogen-bond donors (Lipinski definition) is 0. The van der Waals surface area contributed by atoms with Crippen LogP contribution in [0.15, 0.2) is 6.20 Å². The van der Waals surface area contributed by atoms with Crippen molar-refractivity contribution < 1.29 is 14.2 Å². The first-order chi connectivity index (χ1) is 7.31. The summed E-state index contributed by atoms with van der Waals surface area (Å²) in [6, 6.07) is 1.81. The Kier molecular flexibility index (Phi) is 4.31. The van der Waals surface area contributed by atoms with E-state index in [4.69, 9.17) is 19.5 Å². The summed E-state index contributed by atoms with van der Waals surface area (Å²) in [5.41, 5.74) is 0. The van der Waals surface area contributed by atoms with Gasteiger partial charge in [-0.1, -0.05) is 0 Å². The molecule has 1 aromatic heterocycles. The van der Waals surface area contributed by atoms with Crippen molar-refractivity contribution in [2.75, 3.05) is 27.4 Å². The van der Waals surface area contributed by atoms with E-state index in [1.165, 1.54) is 13.3 Å². The van der Waals surface area contributed by atoms with Crippen LogP contribution in [0.2, 0.25) is 0 Å². The lowest BCUT2D eigenvalue weighted by atomic mass is 10.5. The molecule has 0 saturated carbocycles. The second-order valence-corrected chi connectivity index (χ2v) is 2.52. The van der Waals surface area contributed by atoms with Gasteiger partial charge in [-0.05, 0) is 0 Å². The van der Waals surface area contributed by atoms with Gasteiger partial charge in [0.15, 0.2) is 5.75 Å². The normalized spacial score (nSPS) is 9.40. The van der Waals surface area contributed by atoms with E-state index in [-0.39, 0.29) is 11.7 Å². The third-order valence-electron chi connectivity index (χ3n) is 1.56. The van der Waals surface area contributed by atoms with Crippen LogP contribution in [-0.2, 0) is 4.74 Å². The zero-order valence-electron chi connectivity index (χ0n) is 8.56. The molecule has 6 heteroatoms. The zero-order valence-corrected chi connectivity index (χ0v) is 8.56. The van der Waals surface area contributed by atoms with Crippen molar-refractivity contribution in [2.24, 2.45) is 0 Å². The molecule has 15 heavy (non-hydrogen) atoms. The summed E-state index contributed by atoms with van der Waals surface area (Å²) in [4.78, 5) is 7.59.